The first-order chi connectivity index (χ1) is 14.9. The number of rotatable bonds is 6. The third-order valence-corrected chi connectivity index (χ3v) is 7.14. The molecule has 3 aromatic rings. The largest absolute Gasteiger partial charge is 0.503 e. The van der Waals surface area contributed by atoms with Gasteiger partial charge < -0.3 is 10.0 Å². The normalized spacial score (nSPS) is 16.3. The first-order valence-corrected chi connectivity index (χ1v) is 11.5. The van der Waals surface area contributed by atoms with Gasteiger partial charge in [0.25, 0.3) is 5.91 Å². The number of amides is 1. The zero-order chi connectivity index (χ0) is 22.1. The molecule has 31 heavy (non-hydrogen) atoms. The van der Waals surface area contributed by atoms with Gasteiger partial charge in [-0.1, -0.05) is 64.5 Å². The van der Waals surface area contributed by atoms with E-state index in [1.807, 2.05) is 61.5 Å². The average Bonchev–Trinajstić information content (AvgIpc) is 3.23. The van der Waals surface area contributed by atoms with Crippen LogP contribution in [-0.2, 0) is 11.2 Å². The van der Waals surface area contributed by atoms with E-state index in [1.165, 1.54) is 11.3 Å². The van der Waals surface area contributed by atoms with Gasteiger partial charge in [0.2, 0.25) is 5.78 Å². The molecule has 1 amide bonds. The highest BCUT2D eigenvalue weighted by Crippen LogP contribution is 2.42. The number of halogens is 1. The van der Waals surface area contributed by atoms with E-state index in [1.54, 1.807) is 11.8 Å². The third kappa shape index (κ3) is 4.07. The van der Waals surface area contributed by atoms with Gasteiger partial charge in [-0.15, -0.1) is 11.3 Å². The van der Waals surface area contributed by atoms with Gasteiger partial charge in [-0.3, -0.25) is 9.59 Å². The second kappa shape index (κ2) is 8.77. The van der Waals surface area contributed by atoms with Crippen molar-refractivity contribution in [1.82, 2.24) is 9.88 Å². The summed E-state index contributed by atoms with van der Waals surface area (Å²) in [5.74, 6) is -1.36. The minimum Gasteiger partial charge on any atom is -0.503 e. The summed E-state index contributed by atoms with van der Waals surface area (Å²) in [5.41, 5.74) is 2.55. The fourth-order valence-corrected chi connectivity index (χ4v) is 5.27. The predicted octanol–water partition coefficient (Wildman–Crippen LogP) is 5.34. The van der Waals surface area contributed by atoms with Crippen LogP contribution in [0.15, 0.2) is 70.4 Å². The number of aromatic nitrogens is 1. The van der Waals surface area contributed by atoms with Gasteiger partial charge >= 0.3 is 0 Å². The maximum absolute atomic E-state index is 13.5. The van der Waals surface area contributed by atoms with E-state index >= 15 is 0 Å². The van der Waals surface area contributed by atoms with Gasteiger partial charge in [-0.05, 0) is 37.5 Å². The number of ketones is 1. The second-order valence-electron chi connectivity index (χ2n) is 7.40. The Bertz CT molecular complexity index is 1190. The van der Waals surface area contributed by atoms with Crippen molar-refractivity contribution >= 4 is 39.0 Å². The summed E-state index contributed by atoms with van der Waals surface area (Å²) in [7, 11) is 0. The molecule has 2 aromatic carbocycles. The number of carbonyl (C=O) groups is 2. The van der Waals surface area contributed by atoms with E-state index in [-0.39, 0.29) is 11.4 Å². The molecule has 0 aliphatic carbocycles. The predicted molar refractivity (Wildman–Crippen MR) is 124 cm³/mol. The van der Waals surface area contributed by atoms with Crippen molar-refractivity contribution in [3.8, 4) is 0 Å². The van der Waals surface area contributed by atoms with Crippen LogP contribution in [0, 0.1) is 13.8 Å². The molecule has 158 valence electrons. The molecule has 0 radical (unpaired) electrons. The number of benzene rings is 2. The molecule has 0 saturated heterocycles. The Hall–Kier alpha value is -2.77. The summed E-state index contributed by atoms with van der Waals surface area (Å²) in [5, 5.41) is 11.6. The van der Waals surface area contributed by atoms with Gasteiger partial charge in [-0.25, -0.2) is 4.98 Å². The monoisotopic (exact) mass is 496 g/mol. The van der Waals surface area contributed by atoms with Crippen molar-refractivity contribution in [2.75, 3.05) is 6.54 Å². The Morgan fingerprint density at radius 3 is 2.45 bits per heavy atom. The van der Waals surface area contributed by atoms with Crippen LogP contribution in [0.3, 0.4) is 0 Å². The van der Waals surface area contributed by atoms with Gasteiger partial charge in [0.1, 0.15) is 0 Å². The van der Waals surface area contributed by atoms with Gasteiger partial charge in [-0.2, -0.15) is 0 Å². The number of nitrogens with zero attached hydrogens (tertiary/aromatic N) is 2. The topological polar surface area (TPSA) is 70.5 Å². The Kier molecular flexibility index (Phi) is 6.07. The van der Waals surface area contributed by atoms with E-state index in [0.717, 1.165) is 20.6 Å². The first kappa shape index (κ1) is 21.5. The number of aliphatic hydroxyl groups is 1. The van der Waals surface area contributed by atoms with Crippen LogP contribution < -0.4 is 0 Å². The SMILES string of the molecule is Cc1nc(C)c(C(=O)C2=C(O)C(=O)N(CCc3ccccc3)C2c2ccccc2Br)s1. The summed E-state index contributed by atoms with van der Waals surface area (Å²) in [6.07, 6.45) is 0.612. The molecule has 4 rings (SSSR count). The minimum atomic E-state index is -0.680. The summed E-state index contributed by atoms with van der Waals surface area (Å²) in [6.45, 7) is 3.97. The maximum Gasteiger partial charge on any atom is 0.290 e. The Labute approximate surface area is 193 Å². The minimum absolute atomic E-state index is 0.108. The number of Topliss-reactive ketones (excluding diaryl/α,β-unsaturated/α-hetero) is 1. The average molecular weight is 497 g/mol. The molecular weight excluding hydrogens is 476 g/mol. The lowest BCUT2D eigenvalue weighted by Gasteiger charge is -2.27. The highest BCUT2D eigenvalue weighted by molar-refractivity contribution is 9.10. The first-order valence-electron chi connectivity index (χ1n) is 9.89. The van der Waals surface area contributed by atoms with E-state index in [4.69, 9.17) is 0 Å². The number of carbonyl (C=O) groups excluding carboxylic acids is 2. The molecule has 1 aliphatic rings. The van der Waals surface area contributed by atoms with Crippen molar-refractivity contribution in [2.45, 2.75) is 26.3 Å². The van der Waals surface area contributed by atoms with E-state index in [9.17, 15) is 14.7 Å². The highest BCUT2D eigenvalue weighted by Gasteiger charge is 2.44. The summed E-state index contributed by atoms with van der Waals surface area (Å²) >= 11 is 4.84. The summed E-state index contributed by atoms with van der Waals surface area (Å²) in [6, 6.07) is 16.6. The van der Waals surface area contributed by atoms with Crippen LogP contribution in [0.4, 0.5) is 0 Å². The maximum atomic E-state index is 13.5. The van der Waals surface area contributed by atoms with Gasteiger partial charge in [0, 0.05) is 11.0 Å². The molecule has 1 aromatic heterocycles. The van der Waals surface area contributed by atoms with Gasteiger partial charge in [0.15, 0.2) is 5.76 Å². The number of aryl methyl sites for hydroxylation is 2. The highest BCUT2D eigenvalue weighted by atomic mass is 79.9. The fourth-order valence-electron chi connectivity index (χ4n) is 3.89. The van der Waals surface area contributed by atoms with Crippen molar-refractivity contribution in [2.24, 2.45) is 0 Å². The Morgan fingerprint density at radius 2 is 1.81 bits per heavy atom. The lowest BCUT2D eigenvalue weighted by Crippen LogP contribution is -2.33. The quantitative estimate of drug-likeness (QED) is 0.467. The molecule has 0 bridgehead atoms. The van der Waals surface area contributed by atoms with Crippen molar-refractivity contribution in [3.05, 3.63) is 97.1 Å². The van der Waals surface area contributed by atoms with Crippen LogP contribution >= 0.6 is 27.3 Å². The van der Waals surface area contributed by atoms with Crippen molar-refractivity contribution in [3.63, 3.8) is 0 Å². The van der Waals surface area contributed by atoms with Crippen LogP contribution in [0.25, 0.3) is 0 Å². The molecular formula is C24H21BrN2O3S. The smallest absolute Gasteiger partial charge is 0.290 e. The van der Waals surface area contributed by atoms with E-state index in [2.05, 4.69) is 20.9 Å². The van der Waals surface area contributed by atoms with Crippen LogP contribution in [-0.4, -0.2) is 33.2 Å². The second-order valence-corrected chi connectivity index (χ2v) is 9.45. The molecule has 1 atom stereocenters. The molecule has 1 unspecified atom stereocenters. The van der Waals surface area contributed by atoms with Crippen molar-refractivity contribution in [1.29, 1.82) is 0 Å². The zero-order valence-electron chi connectivity index (χ0n) is 17.1. The standard InChI is InChI=1S/C24H21BrN2O3S/c1-14-23(31-15(2)26-14)21(28)19-20(17-10-6-7-11-18(17)25)27(24(30)22(19)29)13-12-16-8-4-3-5-9-16/h3-11,20,29H,12-13H2,1-2H3. The third-order valence-electron chi connectivity index (χ3n) is 5.34. The summed E-state index contributed by atoms with van der Waals surface area (Å²) in [4.78, 5) is 33.0. The number of hydrogen-bond donors (Lipinski definition) is 1. The number of thiazole rings is 1. The number of aliphatic hydroxyl groups excluding tert-OH is 1. The van der Waals surface area contributed by atoms with Crippen LogP contribution in [0.5, 0.6) is 0 Å². The van der Waals surface area contributed by atoms with Crippen LogP contribution in [0.2, 0.25) is 0 Å². The van der Waals surface area contributed by atoms with E-state index in [0.29, 0.717) is 23.5 Å². The van der Waals surface area contributed by atoms with Gasteiger partial charge in [0.05, 0.1) is 27.2 Å². The number of hydrogen-bond acceptors (Lipinski definition) is 5. The van der Waals surface area contributed by atoms with Crippen LogP contribution in [0.1, 0.15) is 37.5 Å². The molecule has 1 N–H and O–H groups in total. The molecule has 7 heteroatoms. The molecule has 2 heterocycles. The molecule has 0 spiro atoms. The summed E-state index contributed by atoms with van der Waals surface area (Å²) < 4.78 is 0.773. The van der Waals surface area contributed by atoms with Crippen molar-refractivity contribution < 1.29 is 14.7 Å². The molecule has 0 saturated carbocycles. The Balaban J connectivity index is 1.77. The lowest BCUT2D eigenvalue weighted by atomic mass is 9.95. The van der Waals surface area contributed by atoms with E-state index < -0.39 is 17.7 Å². The molecule has 1 aliphatic heterocycles. The fraction of sp³-hybridized carbons (Fsp3) is 0.208. The lowest BCUT2D eigenvalue weighted by molar-refractivity contribution is -0.129. The molecule has 5 nitrogen and oxygen atoms in total. The zero-order valence-corrected chi connectivity index (χ0v) is 19.5. The Morgan fingerprint density at radius 1 is 1.13 bits per heavy atom. The molecule has 0 fully saturated rings.